The fraction of sp³-hybridized carbons (Fsp3) is 0.415. The Morgan fingerprint density at radius 2 is 1.53 bits per heavy atom. The number of nitrogen functional groups attached to an aromatic ring is 1. The number of halogens is 6. The molecule has 0 fully saturated rings. The van der Waals surface area contributed by atoms with E-state index in [9.17, 15) is 40.7 Å². The van der Waals surface area contributed by atoms with Crippen molar-refractivity contribution in [3.8, 4) is 5.88 Å². The van der Waals surface area contributed by atoms with E-state index in [1.807, 2.05) is 0 Å². The Hall–Kier alpha value is -5.98. The molecule has 1 amide bonds. The molecule has 1 aliphatic rings. The lowest BCUT2D eigenvalue weighted by Crippen LogP contribution is -2.48. The molecule has 0 bridgehead atoms. The Balaban J connectivity index is 1.56. The van der Waals surface area contributed by atoms with Gasteiger partial charge in [-0.2, -0.15) is 26.3 Å². The summed E-state index contributed by atoms with van der Waals surface area (Å²) in [6.07, 6.45) is -9.60. The molecule has 19 heteroatoms. The van der Waals surface area contributed by atoms with E-state index < -0.39 is 71.1 Å². The number of rotatable bonds is 15. The number of hydrogen-bond donors (Lipinski definition) is 2. The standard InChI is InChI=1S/C41H44F6N6O7/c1-5-28-20-30(34-31(15-16-32(51-34)57-4)53(28)39(56)59-7-3)50-33(25-17-26(40(42,43)44)19-27(18-25)41(45,46)47)36-49-21-24(35(48)52-36)13-14-29(37(54)58-6-2)38(55)60-22-23-11-9-8-10-12-23/h8-12,15-19,21,28-30,33,50H,5-7,13-14,20,22H2,1-4H3,(H2,48,49,52)/t28-,29?,30+,33?/m1/s1. The number of nitrogens with one attached hydrogen (secondary N) is 1. The summed E-state index contributed by atoms with van der Waals surface area (Å²) in [7, 11) is 1.35. The van der Waals surface area contributed by atoms with Gasteiger partial charge in [0.05, 0.1) is 54.9 Å². The number of ether oxygens (including phenoxy) is 4. The summed E-state index contributed by atoms with van der Waals surface area (Å²) >= 11 is 0. The number of aromatic nitrogens is 3. The highest BCUT2D eigenvalue weighted by molar-refractivity contribution is 5.95. The van der Waals surface area contributed by atoms with Crippen molar-refractivity contribution in [1.82, 2.24) is 20.3 Å². The van der Waals surface area contributed by atoms with Gasteiger partial charge in [-0.25, -0.2) is 19.7 Å². The fourth-order valence-electron chi connectivity index (χ4n) is 6.78. The highest BCUT2D eigenvalue weighted by Crippen LogP contribution is 2.42. The van der Waals surface area contributed by atoms with Crippen molar-refractivity contribution < 1.29 is 59.7 Å². The highest BCUT2D eigenvalue weighted by Gasteiger charge is 2.41. The molecule has 322 valence electrons. The summed E-state index contributed by atoms with van der Waals surface area (Å²) in [6.45, 7) is 4.93. The summed E-state index contributed by atoms with van der Waals surface area (Å²) in [5, 5.41) is 3.14. The smallest absolute Gasteiger partial charge is 0.416 e. The molecule has 0 saturated heterocycles. The summed E-state index contributed by atoms with van der Waals surface area (Å²) in [6, 6.07) is 9.89. The minimum Gasteiger partial charge on any atom is -0.481 e. The summed E-state index contributed by atoms with van der Waals surface area (Å²) in [5.41, 5.74) is 4.10. The predicted octanol–water partition coefficient (Wildman–Crippen LogP) is 7.92. The van der Waals surface area contributed by atoms with E-state index in [0.717, 1.165) is 0 Å². The number of amides is 1. The van der Waals surface area contributed by atoms with E-state index in [0.29, 0.717) is 24.1 Å². The van der Waals surface area contributed by atoms with Crippen LogP contribution in [0.25, 0.3) is 0 Å². The molecule has 2 unspecified atom stereocenters. The van der Waals surface area contributed by atoms with Crippen LogP contribution in [0.3, 0.4) is 0 Å². The van der Waals surface area contributed by atoms with Crippen LogP contribution in [-0.4, -0.2) is 59.3 Å². The Morgan fingerprint density at radius 3 is 2.12 bits per heavy atom. The maximum atomic E-state index is 14.2. The van der Waals surface area contributed by atoms with Crippen LogP contribution in [0.4, 0.5) is 42.6 Å². The number of methoxy groups -OCH3 is 1. The molecule has 2 aromatic carbocycles. The third-order valence-electron chi connectivity index (χ3n) is 9.75. The van der Waals surface area contributed by atoms with Crippen LogP contribution < -0.4 is 20.7 Å². The van der Waals surface area contributed by atoms with Crippen molar-refractivity contribution in [2.75, 3.05) is 31.0 Å². The van der Waals surface area contributed by atoms with Crippen molar-refractivity contribution in [3.63, 3.8) is 0 Å². The predicted molar refractivity (Wildman–Crippen MR) is 204 cm³/mol. The van der Waals surface area contributed by atoms with E-state index in [4.69, 9.17) is 24.7 Å². The maximum absolute atomic E-state index is 14.2. The van der Waals surface area contributed by atoms with Gasteiger partial charge in [0.15, 0.2) is 11.7 Å². The van der Waals surface area contributed by atoms with Gasteiger partial charge < -0.3 is 24.7 Å². The first-order valence-electron chi connectivity index (χ1n) is 19.0. The number of hydrogen-bond acceptors (Lipinski definition) is 12. The number of carbonyl (C=O) groups is 3. The number of aryl methyl sites for hydroxylation is 1. The molecule has 1 aliphatic heterocycles. The lowest BCUT2D eigenvalue weighted by Gasteiger charge is -2.40. The molecule has 0 saturated carbocycles. The van der Waals surface area contributed by atoms with E-state index in [2.05, 4.69) is 20.3 Å². The van der Waals surface area contributed by atoms with Crippen LogP contribution in [-0.2, 0) is 49.2 Å². The van der Waals surface area contributed by atoms with Crippen LogP contribution in [0.1, 0.15) is 91.5 Å². The first kappa shape index (κ1) is 45.1. The number of nitrogens with zero attached hydrogens (tertiary/aromatic N) is 4. The minimum atomic E-state index is -5.18. The fourth-order valence-corrected chi connectivity index (χ4v) is 6.78. The largest absolute Gasteiger partial charge is 0.481 e. The van der Waals surface area contributed by atoms with Gasteiger partial charge in [0.2, 0.25) is 5.88 Å². The molecule has 5 rings (SSSR count). The van der Waals surface area contributed by atoms with E-state index >= 15 is 0 Å². The van der Waals surface area contributed by atoms with Gasteiger partial charge >= 0.3 is 30.4 Å². The van der Waals surface area contributed by atoms with E-state index in [1.165, 1.54) is 24.3 Å². The monoisotopic (exact) mass is 846 g/mol. The van der Waals surface area contributed by atoms with Gasteiger partial charge in [0.25, 0.3) is 0 Å². The molecular formula is C41H44F6N6O7. The zero-order valence-corrected chi connectivity index (χ0v) is 33.1. The Labute approximate surface area is 341 Å². The van der Waals surface area contributed by atoms with Gasteiger partial charge in [-0.05, 0) is 74.9 Å². The SMILES string of the molecule is CCOC(=O)C(CCc1cnc(C(N[C@H]2C[C@@H](CC)N(C(=O)OCC)c3ccc(OC)nc32)c2cc(C(F)(F)F)cc(C(F)(F)F)c2)nc1N)C(=O)OCc1ccccc1. The van der Waals surface area contributed by atoms with Gasteiger partial charge in [-0.1, -0.05) is 37.3 Å². The first-order chi connectivity index (χ1) is 28.5. The molecule has 4 aromatic rings. The van der Waals surface area contributed by atoms with Crippen LogP contribution >= 0.6 is 0 Å². The lowest BCUT2D eigenvalue weighted by molar-refractivity contribution is -0.163. The quantitative estimate of drug-likeness (QED) is 0.0514. The van der Waals surface area contributed by atoms with Crippen LogP contribution in [0.2, 0.25) is 0 Å². The van der Waals surface area contributed by atoms with E-state index in [1.54, 1.807) is 57.2 Å². The summed E-state index contributed by atoms with van der Waals surface area (Å²) in [5.74, 6) is -3.48. The number of fused-ring (bicyclic) bond motifs is 1. The Kier molecular flexibility index (Phi) is 14.6. The van der Waals surface area contributed by atoms with Gasteiger partial charge in [0.1, 0.15) is 12.4 Å². The van der Waals surface area contributed by atoms with E-state index in [-0.39, 0.29) is 79.6 Å². The lowest BCUT2D eigenvalue weighted by atomic mass is 9.91. The Morgan fingerprint density at radius 1 is 0.883 bits per heavy atom. The summed E-state index contributed by atoms with van der Waals surface area (Å²) in [4.78, 5) is 53.8. The number of carbonyl (C=O) groups excluding carboxylic acids is 3. The number of pyridine rings is 1. The highest BCUT2D eigenvalue weighted by atomic mass is 19.4. The molecule has 3 N–H and O–H groups in total. The minimum absolute atomic E-state index is 0.0103. The second kappa shape index (κ2) is 19.4. The molecule has 3 heterocycles. The first-order valence-corrected chi connectivity index (χ1v) is 19.0. The average Bonchev–Trinajstić information content (AvgIpc) is 3.21. The molecule has 0 aliphatic carbocycles. The van der Waals surface area contributed by atoms with Crippen LogP contribution in [0, 0.1) is 5.92 Å². The molecule has 13 nitrogen and oxygen atoms in total. The van der Waals surface area contributed by atoms with Crippen LogP contribution in [0.15, 0.2) is 66.9 Å². The van der Waals surface area contributed by atoms with Crippen molar-refractivity contribution >= 4 is 29.5 Å². The third kappa shape index (κ3) is 10.8. The zero-order valence-electron chi connectivity index (χ0n) is 33.1. The molecule has 0 spiro atoms. The van der Waals surface area contributed by atoms with Crippen molar-refractivity contribution in [1.29, 1.82) is 0 Å². The molecule has 4 atom stereocenters. The summed E-state index contributed by atoms with van der Waals surface area (Å²) < 4.78 is 106. The Bertz CT molecular complexity index is 2110. The molecule has 0 radical (unpaired) electrons. The van der Waals surface area contributed by atoms with Gasteiger partial charge in [-0.15, -0.1) is 0 Å². The average molecular weight is 847 g/mol. The van der Waals surface area contributed by atoms with Gasteiger partial charge in [-0.3, -0.25) is 19.8 Å². The zero-order chi connectivity index (χ0) is 43.8. The molecular weight excluding hydrogens is 802 g/mol. The number of esters is 2. The van der Waals surface area contributed by atoms with Crippen LogP contribution in [0.5, 0.6) is 5.88 Å². The third-order valence-corrected chi connectivity index (χ3v) is 9.75. The number of alkyl halides is 6. The second-order valence-corrected chi connectivity index (χ2v) is 13.7. The maximum Gasteiger partial charge on any atom is 0.416 e. The number of anilines is 2. The topological polar surface area (TPSA) is 168 Å². The normalized spacial score (nSPS) is 16.3. The second-order valence-electron chi connectivity index (χ2n) is 13.7. The molecule has 60 heavy (non-hydrogen) atoms. The number of benzene rings is 2. The van der Waals surface area contributed by atoms with Crippen molar-refractivity contribution in [3.05, 3.63) is 106 Å². The van der Waals surface area contributed by atoms with Crippen molar-refractivity contribution in [2.45, 2.75) is 83.5 Å². The van der Waals surface area contributed by atoms with Crippen molar-refractivity contribution in [2.24, 2.45) is 5.92 Å². The van der Waals surface area contributed by atoms with Gasteiger partial charge in [0, 0.05) is 23.9 Å². The number of nitrogens with two attached hydrogens (primary N) is 1. The molecule has 2 aromatic heterocycles.